The van der Waals surface area contributed by atoms with Crippen molar-refractivity contribution in [1.82, 2.24) is 0 Å². The summed E-state index contributed by atoms with van der Waals surface area (Å²) >= 11 is 0. The van der Waals surface area contributed by atoms with E-state index >= 15 is 0 Å². The van der Waals surface area contributed by atoms with Gasteiger partial charge in [0.1, 0.15) is 0 Å². The van der Waals surface area contributed by atoms with Crippen molar-refractivity contribution in [2.45, 2.75) is 43.4 Å². The summed E-state index contributed by atoms with van der Waals surface area (Å²) in [6.07, 6.45) is 4.77. The summed E-state index contributed by atoms with van der Waals surface area (Å²) in [6.45, 7) is 0. The number of rotatable bonds is 0. The Balaban J connectivity index is 2.01. The van der Waals surface area contributed by atoms with E-state index in [-0.39, 0.29) is 8.07 Å². The maximum absolute atomic E-state index is 1.70. The zero-order valence-electron chi connectivity index (χ0n) is 5.45. The van der Waals surface area contributed by atoms with Crippen molar-refractivity contribution in [1.29, 1.82) is 0 Å². The first kappa shape index (κ1) is 5.04. The van der Waals surface area contributed by atoms with Crippen LogP contribution in [-0.2, 0) is 0 Å². The molecule has 2 rings (SSSR count). The fourth-order valence-corrected chi connectivity index (χ4v) is 6.91. The smallest absolute Gasteiger partial charge is 0.0535 e. The molecule has 46 valence electrons. The molecule has 0 aromatic heterocycles. The summed E-state index contributed by atoms with van der Waals surface area (Å²) in [7, 11) is -0.380. The predicted octanol–water partition coefficient (Wildman–Crippen LogP) is 2.63. The van der Waals surface area contributed by atoms with Crippen LogP contribution in [0.15, 0.2) is 0 Å². The van der Waals surface area contributed by atoms with Gasteiger partial charge in [-0.25, -0.2) is 0 Å². The van der Waals surface area contributed by atoms with E-state index in [0.717, 1.165) is 0 Å². The average molecular weight is 126 g/mol. The van der Waals surface area contributed by atoms with Crippen LogP contribution < -0.4 is 0 Å². The normalized spacial score (nSPS) is 33.0. The summed E-state index contributed by atoms with van der Waals surface area (Å²) in [5, 5.41) is 0. The van der Waals surface area contributed by atoms with Crippen LogP contribution in [-0.4, -0.2) is 8.07 Å². The zero-order chi connectivity index (χ0) is 5.45. The van der Waals surface area contributed by atoms with E-state index < -0.39 is 0 Å². The lowest BCUT2D eigenvalue weighted by Gasteiger charge is -2.35. The van der Waals surface area contributed by atoms with E-state index in [4.69, 9.17) is 0 Å². The first-order valence-corrected chi connectivity index (χ1v) is 6.74. The van der Waals surface area contributed by atoms with Gasteiger partial charge in [0, 0.05) is 0 Å². The highest BCUT2D eigenvalue weighted by atomic mass is 28.3. The molecular weight excluding hydrogens is 112 g/mol. The largest absolute Gasteiger partial charge is 0.0580 e. The molecule has 1 spiro atoms. The van der Waals surface area contributed by atoms with E-state index in [1.165, 1.54) is 0 Å². The van der Waals surface area contributed by atoms with Crippen LogP contribution in [0.2, 0.25) is 24.2 Å². The minimum Gasteiger partial charge on any atom is -0.0580 e. The van der Waals surface area contributed by atoms with Crippen LogP contribution in [0.4, 0.5) is 0 Å². The van der Waals surface area contributed by atoms with Crippen LogP contribution in [0.5, 0.6) is 0 Å². The number of hydrogen-bond donors (Lipinski definition) is 0. The maximum atomic E-state index is 1.70. The molecule has 0 atom stereocenters. The predicted molar refractivity (Wildman–Crippen MR) is 38.8 cm³/mol. The molecule has 1 heteroatoms. The molecule has 2 fully saturated rings. The molecule has 2 aliphatic heterocycles. The van der Waals surface area contributed by atoms with Crippen LogP contribution in [0.25, 0.3) is 0 Å². The summed E-state index contributed by atoms with van der Waals surface area (Å²) in [5.41, 5.74) is 0. The Morgan fingerprint density at radius 2 is 1.12 bits per heavy atom. The van der Waals surface area contributed by atoms with Crippen molar-refractivity contribution >= 4 is 8.07 Å². The summed E-state index contributed by atoms with van der Waals surface area (Å²) in [6, 6.07) is 6.81. The summed E-state index contributed by atoms with van der Waals surface area (Å²) < 4.78 is 0. The third kappa shape index (κ3) is 0.571. The van der Waals surface area contributed by atoms with Gasteiger partial charge in [-0.05, 0) is 0 Å². The minimum atomic E-state index is -0.380. The number of hydrogen-bond acceptors (Lipinski definition) is 0. The Hall–Kier alpha value is 0.217. The van der Waals surface area contributed by atoms with Gasteiger partial charge in [0.15, 0.2) is 0 Å². The highest BCUT2D eigenvalue weighted by molar-refractivity contribution is 6.82. The van der Waals surface area contributed by atoms with Gasteiger partial charge in [-0.3, -0.25) is 0 Å². The lowest BCUT2D eigenvalue weighted by atomic mass is 10.4. The molecule has 0 bridgehead atoms. The third-order valence-electron chi connectivity index (χ3n) is 3.08. The standard InChI is InChI=1S/C7H14Si/c1-2-5-8(4-1)6-3-7-8/h1-7H2. The van der Waals surface area contributed by atoms with Crippen molar-refractivity contribution in [2.24, 2.45) is 0 Å². The molecule has 0 N–H and O–H groups in total. The highest BCUT2D eigenvalue weighted by Crippen LogP contribution is 2.45. The molecule has 0 aromatic rings. The second kappa shape index (κ2) is 1.60. The topological polar surface area (TPSA) is 0 Å². The summed E-state index contributed by atoms with van der Waals surface area (Å²) in [4.78, 5) is 0. The Bertz CT molecular complexity index is 86.6. The van der Waals surface area contributed by atoms with Gasteiger partial charge in [0.05, 0.1) is 8.07 Å². The molecule has 8 heavy (non-hydrogen) atoms. The lowest BCUT2D eigenvalue weighted by Crippen LogP contribution is -2.37. The zero-order valence-corrected chi connectivity index (χ0v) is 6.45. The molecule has 0 nitrogen and oxygen atoms in total. The van der Waals surface area contributed by atoms with Crippen LogP contribution in [0.1, 0.15) is 19.3 Å². The average Bonchev–Trinajstić information content (AvgIpc) is 2.07. The van der Waals surface area contributed by atoms with Gasteiger partial charge in [-0.15, -0.1) is 0 Å². The fourth-order valence-electron chi connectivity index (χ4n) is 2.30. The Morgan fingerprint density at radius 3 is 1.38 bits per heavy atom. The molecule has 2 heterocycles. The molecule has 2 aliphatic rings. The molecule has 0 saturated carbocycles. The molecule has 0 unspecified atom stereocenters. The minimum absolute atomic E-state index is 0.380. The van der Waals surface area contributed by atoms with Gasteiger partial charge in [-0.2, -0.15) is 0 Å². The van der Waals surface area contributed by atoms with Gasteiger partial charge in [0.2, 0.25) is 0 Å². The fraction of sp³-hybridized carbons (Fsp3) is 1.00. The Morgan fingerprint density at radius 1 is 0.625 bits per heavy atom. The second-order valence-electron chi connectivity index (χ2n) is 3.56. The van der Waals surface area contributed by atoms with Gasteiger partial charge in [-0.1, -0.05) is 43.4 Å². The molecule has 2 saturated heterocycles. The van der Waals surface area contributed by atoms with Crippen LogP contribution in [0, 0.1) is 0 Å². The van der Waals surface area contributed by atoms with Crippen molar-refractivity contribution in [3.63, 3.8) is 0 Å². The first-order valence-electron chi connectivity index (χ1n) is 3.91. The third-order valence-corrected chi connectivity index (χ3v) is 8.74. The second-order valence-corrected chi connectivity index (χ2v) is 8.56. The van der Waals surface area contributed by atoms with Crippen LogP contribution >= 0.6 is 0 Å². The molecular formula is C7H14Si. The quantitative estimate of drug-likeness (QED) is 0.438. The van der Waals surface area contributed by atoms with Crippen molar-refractivity contribution < 1.29 is 0 Å². The molecule has 0 radical (unpaired) electrons. The van der Waals surface area contributed by atoms with E-state index in [0.29, 0.717) is 0 Å². The highest BCUT2D eigenvalue weighted by Gasteiger charge is 2.40. The van der Waals surface area contributed by atoms with Crippen LogP contribution in [0.3, 0.4) is 0 Å². The van der Waals surface area contributed by atoms with Crippen molar-refractivity contribution in [3.05, 3.63) is 0 Å². The van der Waals surface area contributed by atoms with E-state index in [1.807, 2.05) is 0 Å². The van der Waals surface area contributed by atoms with E-state index in [2.05, 4.69) is 0 Å². The Kier molecular flexibility index (Phi) is 1.01. The molecule has 0 amide bonds. The Labute approximate surface area is 52.3 Å². The van der Waals surface area contributed by atoms with Crippen molar-refractivity contribution in [3.8, 4) is 0 Å². The summed E-state index contributed by atoms with van der Waals surface area (Å²) in [5.74, 6) is 0. The SMILES string of the molecule is C1CC[Si]2(C1)CCC2. The monoisotopic (exact) mass is 126 g/mol. The van der Waals surface area contributed by atoms with E-state index in [1.54, 1.807) is 43.4 Å². The van der Waals surface area contributed by atoms with E-state index in [9.17, 15) is 0 Å². The van der Waals surface area contributed by atoms with Crippen molar-refractivity contribution in [2.75, 3.05) is 0 Å². The first-order chi connectivity index (χ1) is 3.91. The maximum Gasteiger partial charge on any atom is 0.0535 e. The van der Waals surface area contributed by atoms with Gasteiger partial charge < -0.3 is 0 Å². The molecule has 0 aromatic carbocycles. The van der Waals surface area contributed by atoms with Gasteiger partial charge >= 0.3 is 0 Å². The van der Waals surface area contributed by atoms with Gasteiger partial charge in [0.25, 0.3) is 0 Å². The molecule has 0 aliphatic carbocycles. The lowest BCUT2D eigenvalue weighted by molar-refractivity contribution is 0.884.